The van der Waals surface area contributed by atoms with Gasteiger partial charge in [0.15, 0.2) is 4.21 Å². The average Bonchev–Trinajstić information content (AvgIpc) is 2.86. The molecular weight excluding hydrogens is 294 g/mol. The predicted molar refractivity (Wildman–Crippen MR) is 81.5 cm³/mol. The number of piperidine rings is 1. The molecule has 7 heteroatoms. The van der Waals surface area contributed by atoms with Crippen molar-refractivity contribution in [3.8, 4) is 0 Å². The summed E-state index contributed by atoms with van der Waals surface area (Å²) in [6.07, 6.45) is 3.49. The van der Waals surface area contributed by atoms with E-state index in [0.717, 1.165) is 24.4 Å². The van der Waals surface area contributed by atoms with Crippen LogP contribution in [0.2, 0.25) is 0 Å². The van der Waals surface area contributed by atoms with Crippen molar-refractivity contribution in [1.82, 2.24) is 14.6 Å². The fourth-order valence-electron chi connectivity index (χ4n) is 2.68. The van der Waals surface area contributed by atoms with Gasteiger partial charge in [-0.3, -0.25) is 0 Å². The van der Waals surface area contributed by atoms with Crippen LogP contribution in [0.25, 0.3) is 0 Å². The molecule has 1 aromatic rings. The lowest BCUT2D eigenvalue weighted by Gasteiger charge is -2.34. The first-order chi connectivity index (χ1) is 9.45. The maximum Gasteiger partial charge on any atom is 0.254 e. The molecule has 1 aliphatic rings. The highest BCUT2D eigenvalue weighted by molar-refractivity contribution is 7.91. The van der Waals surface area contributed by atoms with E-state index in [-0.39, 0.29) is 0 Å². The molecule has 20 heavy (non-hydrogen) atoms. The van der Waals surface area contributed by atoms with Crippen LogP contribution in [-0.2, 0) is 10.0 Å². The lowest BCUT2D eigenvalue weighted by molar-refractivity contribution is 0.225. The second-order valence-corrected chi connectivity index (χ2v) is 8.71. The largest absolute Gasteiger partial charge is 0.314 e. The SMILES string of the molecule is CCNC(C)C1CCCN(S(=O)(=O)c2cnc(C)s2)C1. The van der Waals surface area contributed by atoms with Crippen molar-refractivity contribution in [2.24, 2.45) is 5.92 Å². The van der Waals surface area contributed by atoms with E-state index in [9.17, 15) is 8.42 Å². The average molecular weight is 317 g/mol. The van der Waals surface area contributed by atoms with Crippen LogP contribution in [0.1, 0.15) is 31.7 Å². The number of rotatable bonds is 5. The van der Waals surface area contributed by atoms with Gasteiger partial charge in [-0.05, 0) is 39.2 Å². The zero-order valence-electron chi connectivity index (χ0n) is 12.3. The molecule has 2 heterocycles. The van der Waals surface area contributed by atoms with Crippen molar-refractivity contribution in [1.29, 1.82) is 0 Å². The van der Waals surface area contributed by atoms with E-state index in [1.165, 1.54) is 17.5 Å². The Labute approximate surface area is 125 Å². The molecule has 1 N–H and O–H groups in total. The van der Waals surface area contributed by atoms with Crippen molar-refractivity contribution in [2.45, 2.75) is 43.9 Å². The third-order valence-corrected chi connectivity index (χ3v) is 7.06. The first-order valence-corrected chi connectivity index (χ1v) is 9.36. The minimum atomic E-state index is -3.36. The monoisotopic (exact) mass is 317 g/mol. The van der Waals surface area contributed by atoms with Crippen LogP contribution in [0.5, 0.6) is 0 Å². The Hall–Kier alpha value is -0.500. The topological polar surface area (TPSA) is 62.3 Å². The van der Waals surface area contributed by atoms with E-state index in [2.05, 4.69) is 24.1 Å². The van der Waals surface area contributed by atoms with Crippen LogP contribution in [0.4, 0.5) is 0 Å². The van der Waals surface area contributed by atoms with Gasteiger partial charge in [0, 0.05) is 19.1 Å². The summed E-state index contributed by atoms with van der Waals surface area (Å²) < 4.78 is 27.2. The molecule has 5 nitrogen and oxygen atoms in total. The number of sulfonamides is 1. The molecule has 0 saturated carbocycles. The van der Waals surface area contributed by atoms with Crippen LogP contribution >= 0.6 is 11.3 Å². The summed E-state index contributed by atoms with van der Waals surface area (Å²) in [5.41, 5.74) is 0. The van der Waals surface area contributed by atoms with Crippen LogP contribution in [-0.4, -0.2) is 43.4 Å². The third-order valence-electron chi connectivity index (χ3n) is 3.85. The maximum atomic E-state index is 12.6. The van der Waals surface area contributed by atoms with Gasteiger partial charge in [-0.2, -0.15) is 4.31 Å². The molecule has 0 radical (unpaired) electrons. The molecule has 1 fully saturated rings. The second kappa shape index (κ2) is 6.51. The van der Waals surface area contributed by atoms with E-state index in [1.54, 1.807) is 4.31 Å². The Morgan fingerprint density at radius 2 is 2.35 bits per heavy atom. The molecule has 0 aliphatic carbocycles. The minimum absolute atomic E-state index is 0.348. The molecule has 114 valence electrons. The van der Waals surface area contributed by atoms with Crippen LogP contribution in [0, 0.1) is 12.8 Å². The van der Waals surface area contributed by atoms with E-state index in [1.807, 2.05) is 6.92 Å². The standard InChI is InChI=1S/C13H23N3O2S2/c1-4-14-10(2)12-6-5-7-16(9-12)20(17,18)13-8-15-11(3)19-13/h8,10,12,14H,4-7,9H2,1-3H3. The van der Waals surface area contributed by atoms with E-state index < -0.39 is 10.0 Å². The third kappa shape index (κ3) is 3.39. The summed E-state index contributed by atoms with van der Waals surface area (Å²) in [7, 11) is -3.36. The zero-order valence-corrected chi connectivity index (χ0v) is 13.9. The quantitative estimate of drug-likeness (QED) is 0.900. The molecule has 2 unspecified atom stereocenters. The Morgan fingerprint density at radius 3 is 2.95 bits per heavy atom. The summed E-state index contributed by atoms with van der Waals surface area (Å²) in [5.74, 6) is 0.382. The summed E-state index contributed by atoms with van der Waals surface area (Å²) in [5, 5.41) is 4.19. The summed E-state index contributed by atoms with van der Waals surface area (Å²) in [6.45, 7) is 8.19. The fraction of sp³-hybridized carbons (Fsp3) is 0.769. The Kier molecular flexibility index (Phi) is 5.17. The van der Waals surface area contributed by atoms with E-state index in [0.29, 0.717) is 29.3 Å². The van der Waals surface area contributed by atoms with Gasteiger partial charge in [0.25, 0.3) is 10.0 Å². The van der Waals surface area contributed by atoms with Gasteiger partial charge in [0.1, 0.15) is 0 Å². The van der Waals surface area contributed by atoms with Gasteiger partial charge in [0.2, 0.25) is 0 Å². The normalized spacial score (nSPS) is 22.9. The fourth-order valence-corrected chi connectivity index (χ4v) is 5.48. The van der Waals surface area contributed by atoms with Gasteiger partial charge < -0.3 is 5.32 Å². The second-order valence-electron chi connectivity index (χ2n) is 5.31. The van der Waals surface area contributed by atoms with Gasteiger partial charge in [-0.15, -0.1) is 11.3 Å². The zero-order chi connectivity index (χ0) is 14.8. The highest BCUT2D eigenvalue weighted by Crippen LogP contribution is 2.28. The lowest BCUT2D eigenvalue weighted by Crippen LogP contribution is -2.46. The van der Waals surface area contributed by atoms with Crippen LogP contribution < -0.4 is 5.32 Å². The Bertz CT molecular complexity index is 542. The predicted octanol–water partition coefficient (Wildman–Crippen LogP) is 1.85. The van der Waals surface area contributed by atoms with Crippen molar-refractivity contribution in [3.63, 3.8) is 0 Å². The summed E-state index contributed by atoms with van der Waals surface area (Å²) in [6, 6.07) is 0.348. The lowest BCUT2D eigenvalue weighted by atomic mass is 9.93. The summed E-state index contributed by atoms with van der Waals surface area (Å²) in [4.78, 5) is 4.06. The Balaban J connectivity index is 2.12. The number of hydrogen-bond donors (Lipinski definition) is 1. The highest BCUT2D eigenvalue weighted by atomic mass is 32.2. The van der Waals surface area contributed by atoms with Crippen molar-refractivity contribution in [2.75, 3.05) is 19.6 Å². The highest BCUT2D eigenvalue weighted by Gasteiger charge is 2.33. The molecular formula is C13H23N3O2S2. The van der Waals surface area contributed by atoms with Gasteiger partial charge in [-0.25, -0.2) is 13.4 Å². The van der Waals surface area contributed by atoms with Crippen molar-refractivity contribution < 1.29 is 8.42 Å². The van der Waals surface area contributed by atoms with Crippen LogP contribution in [0.3, 0.4) is 0 Å². The molecule has 2 atom stereocenters. The van der Waals surface area contributed by atoms with Crippen molar-refractivity contribution in [3.05, 3.63) is 11.2 Å². The first-order valence-electron chi connectivity index (χ1n) is 7.11. The first kappa shape index (κ1) is 15.9. The van der Waals surface area contributed by atoms with Gasteiger partial charge in [-0.1, -0.05) is 6.92 Å². The van der Waals surface area contributed by atoms with E-state index in [4.69, 9.17) is 0 Å². The number of aryl methyl sites for hydroxylation is 1. The molecule has 0 aromatic carbocycles. The number of aromatic nitrogens is 1. The maximum absolute atomic E-state index is 12.6. The van der Waals surface area contributed by atoms with Crippen LogP contribution in [0.15, 0.2) is 10.4 Å². The molecule has 0 bridgehead atoms. The minimum Gasteiger partial charge on any atom is -0.314 e. The number of nitrogens with zero attached hydrogens (tertiary/aromatic N) is 2. The molecule has 1 aliphatic heterocycles. The number of hydrogen-bond acceptors (Lipinski definition) is 5. The molecule has 1 aromatic heterocycles. The van der Waals surface area contributed by atoms with E-state index >= 15 is 0 Å². The van der Waals surface area contributed by atoms with Gasteiger partial charge >= 0.3 is 0 Å². The van der Waals surface area contributed by atoms with Gasteiger partial charge in [0.05, 0.1) is 11.2 Å². The molecule has 0 amide bonds. The molecule has 0 spiro atoms. The molecule has 2 rings (SSSR count). The Morgan fingerprint density at radius 1 is 1.60 bits per heavy atom. The van der Waals surface area contributed by atoms with Crippen molar-refractivity contribution >= 4 is 21.4 Å². The summed E-state index contributed by atoms with van der Waals surface area (Å²) >= 11 is 1.25. The number of thiazole rings is 1. The molecule has 1 saturated heterocycles. The number of nitrogens with one attached hydrogen (secondary N) is 1. The smallest absolute Gasteiger partial charge is 0.254 e.